The fraction of sp³-hybridized carbons (Fsp3) is 0.769. The van der Waals surface area contributed by atoms with Crippen molar-refractivity contribution >= 4 is 11.6 Å². The van der Waals surface area contributed by atoms with Gasteiger partial charge in [-0.25, -0.2) is 0 Å². The number of nitrogens with one attached hydrogen (secondary N) is 1. The van der Waals surface area contributed by atoms with E-state index < -0.39 is 0 Å². The van der Waals surface area contributed by atoms with Gasteiger partial charge in [0.1, 0.15) is 0 Å². The van der Waals surface area contributed by atoms with Crippen LogP contribution in [-0.4, -0.2) is 21.7 Å². The molecule has 0 saturated heterocycles. The maximum absolute atomic E-state index is 6.10. The topological polar surface area (TPSA) is 29.9 Å². The number of rotatable bonds is 5. The second-order valence-corrected chi connectivity index (χ2v) is 5.91. The highest BCUT2D eigenvalue weighted by Crippen LogP contribution is 2.28. The Balaban J connectivity index is 1.70. The molecule has 4 heteroatoms. The Kier molecular flexibility index (Phi) is 4.46. The number of hydrogen-bond donors (Lipinski definition) is 1. The zero-order valence-corrected chi connectivity index (χ0v) is 11.5. The Hall–Kier alpha value is -0.540. The average molecular weight is 256 g/mol. The smallest absolute Gasteiger partial charge is 0.0762 e. The van der Waals surface area contributed by atoms with Crippen molar-refractivity contribution in [2.24, 2.45) is 5.92 Å². The summed E-state index contributed by atoms with van der Waals surface area (Å²) in [7, 11) is 0. The van der Waals surface area contributed by atoms with Crippen LogP contribution < -0.4 is 5.32 Å². The van der Waals surface area contributed by atoms with Gasteiger partial charge in [-0.3, -0.25) is 4.68 Å². The van der Waals surface area contributed by atoms with Crippen LogP contribution in [0.1, 0.15) is 44.8 Å². The van der Waals surface area contributed by atoms with Gasteiger partial charge in [-0.15, -0.1) is 11.6 Å². The van der Waals surface area contributed by atoms with Crippen LogP contribution in [0.5, 0.6) is 0 Å². The third-order valence-corrected chi connectivity index (χ3v) is 3.81. The maximum Gasteiger partial charge on any atom is 0.0762 e. The Morgan fingerprint density at radius 1 is 1.53 bits per heavy atom. The molecule has 2 rings (SSSR count). The van der Waals surface area contributed by atoms with E-state index in [1.54, 1.807) is 0 Å². The molecule has 2 unspecified atom stereocenters. The monoisotopic (exact) mass is 255 g/mol. The van der Waals surface area contributed by atoms with Crippen LogP contribution in [-0.2, 0) is 6.54 Å². The van der Waals surface area contributed by atoms with E-state index in [0.717, 1.165) is 31.1 Å². The molecule has 1 aromatic heterocycles. The van der Waals surface area contributed by atoms with Gasteiger partial charge in [0, 0.05) is 24.2 Å². The van der Waals surface area contributed by atoms with Gasteiger partial charge >= 0.3 is 0 Å². The molecule has 0 amide bonds. The van der Waals surface area contributed by atoms with Gasteiger partial charge in [0.25, 0.3) is 0 Å². The molecule has 1 aliphatic carbocycles. The summed E-state index contributed by atoms with van der Waals surface area (Å²) >= 11 is 6.10. The fourth-order valence-corrected chi connectivity index (χ4v) is 2.74. The third kappa shape index (κ3) is 3.71. The summed E-state index contributed by atoms with van der Waals surface area (Å²) in [6, 6.07) is 2.53. The maximum atomic E-state index is 6.10. The van der Waals surface area contributed by atoms with Crippen molar-refractivity contribution in [3.05, 3.63) is 18.0 Å². The highest BCUT2D eigenvalue weighted by Gasteiger charge is 2.22. The van der Waals surface area contributed by atoms with Crippen LogP contribution in [0.4, 0.5) is 0 Å². The first-order valence-corrected chi connectivity index (χ1v) is 6.97. The Labute approximate surface area is 109 Å². The van der Waals surface area contributed by atoms with Gasteiger partial charge in [0.05, 0.1) is 5.69 Å². The van der Waals surface area contributed by atoms with Crippen LogP contribution in [0.3, 0.4) is 0 Å². The molecule has 1 aliphatic rings. The van der Waals surface area contributed by atoms with E-state index in [1.165, 1.54) is 12.8 Å². The van der Waals surface area contributed by atoms with Crippen molar-refractivity contribution in [3.63, 3.8) is 0 Å². The van der Waals surface area contributed by atoms with E-state index in [9.17, 15) is 0 Å². The van der Waals surface area contributed by atoms with Gasteiger partial charge in [-0.2, -0.15) is 5.10 Å². The summed E-state index contributed by atoms with van der Waals surface area (Å²) in [5.41, 5.74) is 1.12. The minimum absolute atomic E-state index is 0.405. The second-order valence-electron chi connectivity index (χ2n) is 5.29. The number of alkyl halides is 1. The number of nitrogens with zero attached hydrogens (tertiary/aromatic N) is 2. The van der Waals surface area contributed by atoms with E-state index >= 15 is 0 Å². The van der Waals surface area contributed by atoms with Crippen LogP contribution in [0.2, 0.25) is 0 Å². The summed E-state index contributed by atoms with van der Waals surface area (Å²) in [5, 5.41) is 8.40. The van der Waals surface area contributed by atoms with E-state index in [1.807, 2.05) is 10.9 Å². The van der Waals surface area contributed by atoms with E-state index in [2.05, 4.69) is 30.3 Å². The molecular weight excluding hydrogens is 234 g/mol. The summed E-state index contributed by atoms with van der Waals surface area (Å²) in [6.45, 7) is 6.22. The predicted octanol–water partition coefficient (Wildman–Crippen LogP) is 2.96. The average Bonchev–Trinajstić information content (AvgIpc) is 2.88. The minimum atomic E-state index is 0.405. The fourth-order valence-electron chi connectivity index (χ4n) is 2.36. The molecule has 0 radical (unpaired) electrons. The lowest BCUT2D eigenvalue weighted by Gasteiger charge is -2.09. The molecule has 96 valence electrons. The zero-order valence-electron chi connectivity index (χ0n) is 10.7. The predicted molar refractivity (Wildman–Crippen MR) is 71.3 cm³/mol. The molecule has 17 heavy (non-hydrogen) atoms. The van der Waals surface area contributed by atoms with E-state index in [-0.39, 0.29) is 0 Å². The molecular formula is C13H22ClN3. The van der Waals surface area contributed by atoms with Crippen molar-refractivity contribution in [3.8, 4) is 0 Å². The summed E-state index contributed by atoms with van der Waals surface area (Å²) in [5.74, 6) is 0.754. The molecule has 0 aromatic carbocycles. The highest BCUT2D eigenvalue weighted by molar-refractivity contribution is 6.20. The molecule has 3 nitrogen and oxygen atoms in total. The Morgan fingerprint density at radius 3 is 2.94 bits per heavy atom. The Morgan fingerprint density at radius 2 is 2.35 bits per heavy atom. The van der Waals surface area contributed by atoms with Gasteiger partial charge in [-0.1, -0.05) is 0 Å². The molecule has 1 saturated carbocycles. The van der Waals surface area contributed by atoms with Crippen molar-refractivity contribution in [1.29, 1.82) is 0 Å². The first-order chi connectivity index (χ1) is 8.15. The van der Waals surface area contributed by atoms with Gasteiger partial charge < -0.3 is 5.32 Å². The number of aromatic nitrogens is 2. The normalized spacial score (nSPS) is 24.7. The molecule has 1 heterocycles. The minimum Gasteiger partial charge on any atom is -0.311 e. The third-order valence-electron chi connectivity index (χ3n) is 3.41. The van der Waals surface area contributed by atoms with Crippen LogP contribution in [0, 0.1) is 5.92 Å². The Bertz CT molecular complexity index is 348. The first kappa shape index (κ1) is 12.9. The van der Waals surface area contributed by atoms with Crippen molar-refractivity contribution in [2.45, 2.75) is 51.1 Å². The molecule has 0 aliphatic heterocycles. The first-order valence-electron chi connectivity index (χ1n) is 6.54. The lowest BCUT2D eigenvalue weighted by atomic mass is 10.1. The van der Waals surface area contributed by atoms with Gasteiger partial charge in [0.2, 0.25) is 0 Å². The molecule has 2 atom stereocenters. The molecule has 1 N–H and O–H groups in total. The van der Waals surface area contributed by atoms with Crippen molar-refractivity contribution < 1.29 is 0 Å². The highest BCUT2D eigenvalue weighted by atomic mass is 35.5. The second kappa shape index (κ2) is 5.87. The largest absolute Gasteiger partial charge is 0.311 e. The lowest BCUT2D eigenvalue weighted by molar-refractivity contribution is 0.480. The summed E-state index contributed by atoms with van der Waals surface area (Å²) in [6.07, 6.45) is 5.65. The zero-order chi connectivity index (χ0) is 12.3. The van der Waals surface area contributed by atoms with E-state index in [4.69, 9.17) is 11.6 Å². The van der Waals surface area contributed by atoms with Crippen molar-refractivity contribution in [1.82, 2.24) is 15.1 Å². The molecule has 1 aromatic rings. The summed E-state index contributed by atoms with van der Waals surface area (Å²) in [4.78, 5) is 0. The van der Waals surface area contributed by atoms with Crippen LogP contribution >= 0.6 is 11.6 Å². The van der Waals surface area contributed by atoms with E-state index in [0.29, 0.717) is 11.4 Å². The van der Waals surface area contributed by atoms with Gasteiger partial charge in [-0.05, 0) is 51.6 Å². The standard InChI is InChI=1S/C13H22ClN3/c1-10(2)17-6-5-13(16-17)9-15-8-11-3-4-12(14)7-11/h5-6,10-12,15H,3-4,7-9H2,1-2H3. The number of hydrogen-bond acceptors (Lipinski definition) is 2. The SMILES string of the molecule is CC(C)n1ccc(CNCC2CCC(Cl)C2)n1. The summed E-state index contributed by atoms with van der Waals surface area (Å²) < 4.78 is 2.00. The molecule has 0 spiro atoms. The van der Waals surface area contributed by atoms with Crippen LogP contribution in [0.15, 0.2) is 12.3 Å². The van der Waals surface area contributed by atoms with Gasteiger partial charge in [0.15, 0.2) is 0 Å². The quantitative estimate of drug-likeness (QED) is 0.820. The van der Waals surface area contributed by atoms with Crippen LogP contribution in [0.25, 0.3) is 0 Å². The molecule has 1 fully saturated rings. The number of halogens is 1. The molecule has 0 bridgehead atoms. The lowest BCUT2D eigenvalue weighted by Crippen LogP contribution is -2.21. The van der Waals surface area contributed by atoms with Crippen molar-refractivity contribution in [2.75, 3.05) is 6.54 Å².